The third kappa shape index (κ3) is 5.89. The minimum Gasteiger partial charge on any atom is -0.310 e. The first kappa shape index (κ1) is 37.1. The van der Waals surface area contributed by atoms with Crippen molar-refractivity contribution in [2.24, 2.45) is 0 Å². The zero-order chi connectivity index (χ0) is 39.5. The first-order valence-electron chi connectivity index (χ1n) is 20.3. The van der Waals surface area contributed by atoms with Gasteiger partial charge in [0.15, 0.2) is 0 Å². The fourth-order valence-electron chi connectivity index (χ4n) is 9.03. The largest absolute Gasteiger partial charge is 0.310 e. The van der Waals surface area contributed by atoms with E-state index in [2.05, 4.69) is 216 Å². The average Bonchev–Trinajstić information content (AvgIpc) is 3.58. The van der Waals surface area contributed by atoms with Gasteiger partial charge in [0.2, 0.25) is 0 Å². The van der Waals surface area contributed by atoms with Crippen LogP contribution in [0.5, 0.6) is 0 Å². The van der Waals surface area contributed by atoms with Crippen molar-refractivity contribution in [3.8, 4) is 22.3 Å². The van der Waals surface area contributed by atoms with Gasteiger partial charge in [-0.2, -0.15) is 0 Å². The molecule has 0 atom stereocenters. The minimum atomic E-state index is -0.509. The van der Waals surface area contributed by atoms with Crippen LogP contribution in [0, 0.1) is 6.92 Å². The molecule has 2 aliphatic rings. The van der Waals surface area contributed by atoms with Gasteiger partial charge in [-0.1, -0.05) is 180 Å². The zero-order valence-electron chi connectivity index (χ0n) is 35.5. The zero-order valence-corrected chi connectivity index (χ0v) is 35.5. The molecular weight excluding hydrogens is 663 g/mol. The molecule has 6 aromatic carbocycles. The molecule has 6 aromatic rings. The summed E-state index contributed by atoms with van der Waals surface area (Å²) in [7, 11) is 0. The summed E-state index contributed by atoms with van der Waals surface area (Å²) in [5, 5.41) is 0. The van der Waals surface area contributed by atoms with Crippen molar-refractivity contribution >= 4 is 17.1 Å². The van der Waals surface area contributed by atoms with E-state index in [0.717, 1.165) is 11.4 Å². The molecule has 1 heteroatoms. The number of benzene rings is 6. The van der Waals surface area contributed by atoms with Crippen molar-refractivity contribution in [2.75, 3.05) is 4.90 Å². The first-order valence-corrected chi connectivity index (χ1v) is 20.3. The maximum absolute atomic E-state index is 2.60. The molecule has 0 aliphatic heterocycles. The van der Waals surface area contributed by atoms with Gasteiger partial charge in [0.1, 0.15) is 0 Å². The number of para-hydroxylation sites is 1. The molecule has 0 N–H and O–H groups in total. The Balaban J connectivity index is 1.61. The van der Waals surface area contributed by atoms with Crippen molar-refractivity contribution in [1.29, 1.82) is 0 Å². The fraction of sp³-hybridized carbons (Fsp3) is 0.333. The lowest BCUT2D eigenvalue weighted by atomic mass is 9.67. The third-order valence-electron chi connectivity index (χ3n) is 12.4. The predicted octanol–water partition coefficient (Wildman–Crippen LogP) is 15.0. The number of rotatable bonds is 3. The molecule has 0 bridgehead atoms. The van der Waals surface area contributed by atoms with Crippen molar-refractivity contribution in [3.63, 3.8) is 0 Å². The number of hydrogen-bond donors (Lipinski definition) is 0. The van der Waals surface area contributed by atoms with Crippen LogP contribution in [0.4, 0.5) is 17.1 Å². The quantitative estimate of drug-likeness (QED) is 0.176. The van der Waals surface area contributed by atoms with Crippen molar-refractivity contribution in [3.05, 3.63) is 171 Å². The number of aryl methyl sites for hydroxylation is 1. The fourth-order valence-corrected chi connectivity index (χ4v) is 9.03. The van der Waals surface area contributed by atoms with E-state index in [0.29, 0.717) is 0 Å². The molecule has 0 amide bonds. The second kappa shape index (κ2) is 12.3. The SMILES string of the molecule is Cc1ccc(N(c2ccccc2)c2cc(C(C)(C)C)cc3c2-c2ccc(C(C)(C)C)cc2C32c3cc(C(C)(C)C)ccc3-c3ccc(C(C)(C)C)cc32)cc1. The van der Waals surface area contributed by atoms with Gasteiger partial charge in [0.25, 0.3) is 0 Å². The smallest absolute Gasteiger partial charge is 0.0726 e. The average molecular weight is 722 g/mol. The molecule has 0 heterocycles. The van der Waals surface area contributed by atoms with Crippen LogP contribution in [0.15, 0.2) is 121 Å². The maximum Gasteiger partial charge on any atom is 0.0726 e. The Hall–Kier alpha value is -4.88. The van der Waals surface area contributed by atoms with E-state index < -0.39 is 5.41 Å². The van der Waals surface area contributed by atoms with Crippen LogP contribution in [-0.4, -0.2) is 0 Å². The number of fused-ring (bicyclic) bond motifs is 10. The summed E-state index contributed by atoms with van der Waals surface area (Å²) < 4.78 is 0. The van der Waals surface area contributed by atoms with E-state index >= 15 is 0 Å². The predicted molar refractivity (Wildman–Crippen MR) is 237 cm³/mol. The molecule has 0 unspecified atom stereocenters. The van der Waals surface area contributed by atoms with Crippen LogP contribution >= 0.6 is 0 Å². The Morgan fingerprint density at radius 1 is 0.382 bits per heavy atom. The van der Waals surface area contributed by atoms with Crippen LogP contribution in [0.3, 0.4) is 0 Å². The Kier molecular flexibility index (Phi) is 8.30. The van der Waals surface area contributed by atoms with Crippen LogP contribution < -0.4 is 4.90 Å². The molecule has 2 aliphatic carbocycles. The molecule has 0 radical (unpaired) electrons. The summed E-state index contributed by atoms with van der Waals surface area (Å²) in [4.78, 5) is 2.52. The summed E-state index contributed by atoms with van der Waals surface area (Å²) in [6.45, 7) is 30.5. The van der Waals surface area contributed by atoms with E-state index in [-0.39, 0.29) is 21.7 Å². The minimum absolute atomic E-state index is 0.00689. The lowest BCUT2D eigenvalue weighted by Gasteiger charge is -2.35. The summed E-state index contributed by atoms with van der Waals surface area (Å²) >= 11 is 0. The second-order valence-electron chi connectivity index (χ2n) is 20.5. The van der Waals surface area contributed by atoms with Crippen LogP contribution in [-0.2, 0) is 27.1 Å². The van der Waals surface area contributed by atoms with E-state index in [1.165, 1.54) is 78.0 Å². The van der Waals surface area contributed by atoms with E-state index in [1.54, 1.807) is 0 Å². The third-order valence-corrected chi connectivity index (χ3v) is 12.4. The standard InChI is InChI=1S/C54H59N/c1-34-19-24-40(25-20-34)55(39-17-15-14-16-18-39)48-33-38(53(11,12)13)32-47-49(48)43-28-23-37(52(8,9)10)31-46(43)54(47)44-29-35(50(2,3)4)21-26-41(44)42-27-22-36(30-45(42)54)51(5,6)7/h14-33H,1-13H3. The molecular formula is C54H59N. The molecule has 0 saturated heterocycles. The number of hydrogen-bond acceptors (Lipinski definition) is 1. The molecule has 0 fully saturated rings. The van der Waals surface area contributed by atoms with Crippen molar-refractivity contribution < 1.29 is 0 Å². The Morgan fingerprint density at radius 2 is 0.782 bits per heavy atom. The highest BCUT2D eigenvalue weighted by Crippen LogP contribution is 2.66. The summed E-state index contributed by atoms with van der Waals surface area (Å²) in [5.41, 5.74) is 20.6. The van der Waals surface area contributed by atoms with Gasteiger partial charge in [-0.25, -0.2) is 0 Å². The highest BCUT2D eigenvalue weighted by atomic mass is 15.1. The molecule has 8 rings (SSSR count). The normalized spacial score (nSPS) is 14.4. The van der Waals surface area contributed by atoms with Crippen LogP contribution in [0.1, 0.15) is 133 Å². The van der Waals surface area contributed by atoms with Gasteiger partial charge >= 0.3 is 0 Å². The molecule has 0 saturated carbocycles. The molecule has 1 spiro atoms. The van der Waals surface area contributed by atoms with Crippen LogP contribution in [0.2, 0.25) is 0 Å². The van der Waals surface area contributed by atoms with E-state index in [1.807, 2.05) is 0 Å². The lowest BCUT2D eigenvalue weighted by molar-refractivity contribution is 0.583. The van der Waals surface area contributed by atoms with Crippen LogP contribution in [0.25, 0.3) is 22.3 Å². The summed E-state index contributed by atoms with van der Waals surface area (Å²) in [5.74, 6) is 0. The Morgan fingerprint density at radius 3 is 1.24 bits per heavy atom. The van der Waals surface area contributed by atoms with Crippen molar-refractivity contribution in [1.82, 2.24) is 0 Å². The Labute approximate surface area is 331 Å². The van der Waals surface area contributed by atoms with Gasteiger partial charge in [-0.3, -0.25) is 0 Å². The Bertz CT molecular complexity index is 2390. The van der Waals surface area contributed by atoms with Gasteiger partial charge < -0.3 is 4.90 Å². The number of nitrogens with zero attached hydrogens (tertiary/aromatic N) is 1. The van der Waals surface area contributed by atoms with Gasteiger partial charge in [-0.05, 0) is 120 Å². The molecule has 280 valence electrons. The van der Waals surface area contributed by atoms with Crippen molar-refractivity contribution in [2.45, 2.75) is 117 Å². The monoisotopic (exact) mass is 721 g/mol. The molecule has 1 nitrogen and oxygen atoms in total. The van der Waals surface area contributed by atoms with Gasteiger partial charge in [0.05, 0.1) is 11.1 Å². The number of anilines is 3. The second-order valence-corrected chi connectivity index (χ2v) is 20.5. The van der Waals surface area contributed by atoms with E-state index in [9.17, 15) is 0 Å². The first-order chi connectivity index (χ1) is 25.7. The highest BCUT2D eigenvalue weighted by Gasteiger charge is 2.54. The lowest BCUT2D eigenvalue weighted by Crippen LogP contribution is -2.29. The van der Waals surface area contributed by atoms with Gasteiger partial charge in [0, 0.05) is 16.9 Å². The highest BCUT2D eigenvalue weighted by molar-refractivity contribution is 6.01. The summed E-state index contributed by atoms with van der Waals surface area (Å²) in [6.07, 6.45) is 0. The van der Waals surface area contributed by atoms with E-state index in [4.69, 9.17) is 0 Å². The molecule has 55 heavy (non-hydrogen) atoms. The molecule has 0 aromatic heterocycles. The maximum atomic E-state index is 2.60. The topological polar surface area (TPSA) is 3.24 Å². The van der Waals surface area contributed by atoms with Gasteiger partial charge in [-0.15, -0.1) is 0 Å². The summed E-state index contributed by atoms with van der Waals surface area (Å²) in [6, 6.07) is 47.4.